The van der Waals surface area contributed by atoms with Gasteiger partial charge in [0.25, 0.3) is 5.91 Å². The summed E-state index contributed by atoms with van der Waals surface area (Å²) in [6.07, 6.45) is 0. The first-order valence-electron chi connectivity index (χ1n) is 6.51. The molecule has 0 radical (unpaired) electrons. The Hall–Kier alpha value is -2.82. The van der Waals surface area contributed by atoms with Gasteiger partial charge in [-0.2, -0.15) is 0 Å². The topological polar surface area (TPSA) is 67.4 Å². The van der Waals surface area contributed by atoms with Crippen LogP contribution in [0.1, 0.15) is 10.4 Å². The minimum Gasteiger partial charge on any atom is -0.457 e. The van der Waals surface area contributed by atoms with Crippen LogP contribution in [0, 0.1) is 0 Å². The Morgan fingerprint density at radius 1 is 1.00 bits per heavy atom. The van der Waals surface area contributed by atoms with Crippen LogP contribution in [-0.2, 0) is 4.79 Å². The van der Waals surface area contributed by atoms with E-state index >= 15 is 0 Å². The summed E-state index contributed by atoms with van der Waals surface area (Å²) in [6.45, 7) is -0.0744. The van der Waals surface area contributed by atoms with Gasteiger partial charge in [0, 0.05) is 7.05 Å². The summed E-state index contributed by atoms with van der Waals surface area (Å²) in [5.41, 5.74) is 0.380. The standard InChI is InChI=1S/C16H16N2O3/c1-17-15(19)11-18-16(20)13-9-5-6-10-14(13)21-12-7-3-2-4-8-12/h2-10H,11H2,1H3,(H,17,19)(H,18,20). The molecule has 0 atom stereocenters. The first kappa shape index (κ1) is 14.6. The van der Waals surface area contributed by atoms with Crippen molar-refractivity contribution in [3.63, 3.8) is 0 Å². The number of amides is 2. The smallest absolute Gasteiger partial charge is 0.255 e. The van der Waals surface area contributed by atoms with E-state index in [4.69, 9.17) is 4.74 Å². The van der Waals surface area contributed by atoms with E-state index in [9.17, 15) is 9.59 Å². The van der Waals surface area contributed by atoms with E-state index in [0.717, 1.165) is 0 Å². The first-order valence-corrected chi connectivity index (χ1v) is 6.51. The third-order valence-corrected chi connectivity index (χ3v) is 2.79. The third-order valence-electron chi connectivity index (χ3n) is 2.79. The Morgan fingerprint density at radius 2 is 1.67 bits per heavy atom. The van der Waals surface area contributed by atoms with Crippen molar-refractivity contribution in [1.82, 2.24) is 10.6 Å². The fourth-order valence-electron chi connectivity index (χ4n) is 1.70. The van der Waals surface area contributed by atoms with Gasteiger partial charge in [-0.15, -0.1) is 0 Å². The van der Waals surface area contributed by atoms with Gasteiger partial charge in [-0.25, -0.2) is 0 Å². The highest BCUT2D eigenvalue weighted by atomic mass is 16.5. The van der Waals surface area contributed by atoms with Crippen LogP contribution in [0.3, 0.4) is 0 Å². The van der Waals surface area contributed by atoms with Gasteiger partial charge in [0.05, 0.1) is 12.1 Å². The van der Waals surface area contributed by atoms with Gasteiger partial charge in [-0.1, -0.05) is 30.3 Å². The van der Waals surface area contributed by atoms with Crippen molar-refractivity contribution < 1.29 is 14.3 Å². The van der Waals surface area contributed by atoms with Gasteiger partial charge in [0.2, 0.25) is 5.91 Å². The number of hydrogen-bond acceptors (Lipinski definition) is 3. The lowest BCUT2D eigenvalue weighted by atomic mass is 10.2. The average molecular weight is 284 g/mol. The molecule has 5 heteroatoms. The molecule has 0 aliphatic heterocycles. The molecule has 2 aromatic rings. The molecule has 2 aromatic carbocycles. The second-order valence-corrected chi connectivity index (χ2v) is 4.27. The van der Waals surface area contributed by atoms with E-state index < -0.39 is 0 Å². The largest absolute Gasteiger partial charge is 0.457 e. The lowest BCUT2D eigenvalue weighted by molar-refractivity contribution is -0.119. The van der Waals surface area contributed by atoms with Crippen molar-refractivity contribution >= 4 is 11.8 Å². The van der Waals surface area contributed by atoms with Crippen LogP contribution in [0.2, 0.25) is 0 Å². The molecule has 2 N–H and O–H groups in total. The van der Waals surface area contributed by atoms with Crippen LogP contribution >= 0.6 is 0 Å². The maximum atomic E-state index is 12.1. The Kier molecular flexibility index (Phi) is 4.93. The van der Waals surface area contributed by atoms with Crippen LogP contribution in [0.15, 0.2) is 54.6 Å². The summed E-state index contributed by atoms with van der Waals surface area (Å²) < 4.78 is 5.70. The zero-order valence-electron chi connectivity index (χ0n) is 11.6. The molecular weight excluding hydrogens is 268 g/mol. The molecular formula is C16H16N2O3. The van der Waals surface area contributed by atoms with Gasteiger partial charge in [0.1, 0.15) is 11.5 Å². The van der Waals surface area contributed by atoms with E-state index in [1.165, 1.54) is 7.05 Å². The third kappa shape index (κ3) is 4.07. The molecule has 0 spiro atoms. The second-order valence-electron chi connectivity index (χ2n) is 4.27. The quantitative estimate of drug-likeness (QED) is 0.882. The molecule has 0 aromatic heterocycles. The van der Waals surface area contributed by atoms with Crippen LogP contribution in [-0.4, -0.2) is 25.4 Å². The van der Waals surface area contributed by atoms with Gasteiger partial charge < -0.3 is 15.4 Å². The van der Waals surface area contributed by atoms with Crippen molar-refractivity contribution in [3.8, 4) is 11.5 Å². The van der Waals surface area contributed by atoms with E-state index in [1.807, 2.05) is 18.2 Å². The number of carbonyl (C=O) groups is 2. The van der Waals surface area contributed by atoms with Crippen LogP contribution in [0.4, 0.5) is 0 Å². The summed E-state index contributed by atoms with van der Waals surface area (Å²) in [4.78, 5) is 23.3. The molecule has 0 heterocycles. The molecule has 5 nitrogen and oxygen atoms in total. The Balaban J connectivity index is 2.13. The monoisotopic (exact) mass is 284 g/mol. The predicted octanol–water partition coefficient (Wildman–Crippen LogP) is 1.95. The SMILES string of the molecule is CNC(=O)CNC(=O)c1ccccc1Oc1ccccc1. The molecule has 21 heavy (non-hydrogen) atoms. The Morgan fingerprint density at radius 3 is 2.38 bits per heavy atom. The molecule has 0 unspecified atom stereocenters. The number of para-hydroxylation sites is 2. The molecule has 0 aliphatic rings. The molecule has 0 bridgehead atoms. The maximum absolute atomic E-state index is 12.1. The zero-order chi connectivity index (χ0) is 15.1. The molecule has 0 fully saturated rings. The molecule has 2 amide bonds. The maximum Gasteiger partial charge on any atom is 0.255 e. The van der Waals surface area contributed by atoms with E-state index in [1.54, 1.807) is 36.4 Å². The normalized spacial score (nSPS) is 9.76. The van der Waals surface area contributed by atoms with E-state index in [2.05, 4.69) is 10.6 Å². The van der Waals surface area contributed by atoms with Gasteiger partial charge in [0.15, 0.2) is 0 Å². The summed E-state index contributed by atoms with van der Waals surface area (Å²) in [6, 6.07) is 16.1. The fraction of sp³-hybridized carbons (Fsp3) is 0.125. The number of rotatable bonds is 5. The van der Waals surface area contributed by atoms with Crippen molar-refractivity contribution in [2.75, 3.05) is 13.6 Å². The van der Waals surface area contributed by atoms with Gasteiger partial charge in [-0.05, 0) is 24.3 Å². The fourth-order valence-corrected chi connectivity index (χ4v) is 1.70. The number of likely N-dealkylation sites (N-methyl/N-ethyl adjacent to an activating group) is 1. The van der Waals surface area contributed by atoms with Crippen LogP contribution < -0.4 is 15.4 Å². The van der Waals surface area contributed by atoms with Crippen molar-refractivity contribution in [3.05, 3.63) is 60.2 Å². The molecule has 0 saturated heterocycles. The average Bonchev–Trinajstić information content (AvgIpc) is 2.53. The summed E-state index contributed by atoms with van der Waals surface area (Å²) in [5, 5.41) is 4.99. The molecule has 0 aliphatic carbocycles. The number of carbonyl (C=O) groups excluding carboxylic acids is 2. The Bertz CT molecular complexity index is 626. The number of hydrogen-bond donors (Lipinski definition) is 2. The highest BCUT2D eigenvalue weighted by molar-refractivity contribution is 5.98. The van der Waals surface area contributed by atoms with Crippen molar-refractivity contribution in [2.24, 2.45) is 0 Å². The van der Waals surface area contributed by atoms with Crippen LogP contribution in [0.25, 0.3) is 0 Å². The second kappa shape index (κ2) is 7.09. The summed E-state index contributed by atoms with van der Waals surface area (Å²) in [5.74, 6) is 0.470. The molecule has 108 valence electrons. The highest BCUT2D eigenvalue weighted by Gasteiger charge is 2.13. The summed E-state index contributed by atoms with van der Waals surface area (Å²) >= 11 is 0. The van der Waals surface area contributed by atoms with Gasteiger partial charge >= 0.3 is 0 Å². The van der Waals surface area contributed by atoms with Crippen LogP contribution in [0.5, 0.6) is 11.5 Å². The predicted molar refractivity (Wildman–Crippen MR) is 79.4 cm³/mol. The minimum absolute atomic E-state index is 0.0744. The van der Waals surface area contributed by atoms with E-state index in [0.29, 0.717) is 17.1 Å². The number of nitrogens with one attached hydrogen (secondary N) is 2. The number of ether oxygens (including phenoxy) is 1. The lowest BCUT2D eigenvalue weighted by Crippen LogP contribution is -2.35. The minimum atomic E-state index is -0.356. The summed E-state index contributed by atoms with van der Waals surface area (Å²) in [7, 11) is 1.51. The van der Waals surface area contributed by atoms with Crippen molar-refractivity contribution in [1.29, 1.82) is 0 Å². The molecule has 2 rings (SSSR count). The van der Waals surface area contributed by atoms with Gasteiger partial charge in [-0.3, -0.25) is 9.59 Å². The number of benzene rings is 2. The first-order chi connectivity index (χ1) is 10.2. The van der Waals surface area contributed by atoms with E-state index in [-0.39, 0.29) is 18.4 Å². The van der Waals surface area contributed by atoms with Crippen molar-refractivity contribution in [2.45, 2.75) is 0 Å². The highest BCUT2D eigenvalue weighted by Crippen LogP contribution is 2.24. The zero-order valence-corrected chi connectivity index (χ0v) is 11.6. The molecule has 0 saturated carbocycles. The lowest BCUT2D eigenvalue weighted by Gasteiger charge is -2.11. The Labute approximate surface area is 122 Å².